The molecule has 0 unspecified atom stereocenters. The van der Waals surface area contributed by atoms with Gasteiger partial charge in [-0.3, -0.25) is 26.1 Å². The lowest BCUT2D eigenvalue weighted by Crippen LogP contribution is -2.29. The van der Waals surface area contributed by atoms with Gasteiger partial charge in [-0.1, -0.05) is 24.3 Å². The highest BCUT2D eigenvalue weighted by Gasteiger charge is 2.08. The smallest absolute Gasteiger partial charge is 0.268 e. The maximum atomic E-state index is 10.6. The monoisotopic (exact) mass is 338 g/mol. The van der Waals surface area contributed by atoms with Crippen LogP contribution in [0.4, 0.5) is 11.4 Å². The van der Waals surface area contributed by atoms with E-state index in [2.05, 4.69) is 0 Å². The van der Waals surface area contributed by atoms with Crippen LogP contribution in [0.2, 0.25) is 0 Å². The number of nitro groups is 2. The summed E-state index contributed by atoms with van der Waals surface area (Å²) in [6.07, 6.45) is 0. The Kier molecular flexibility index (Phi) is 6.58. The number of hydrazine groups is 1. The van der Waals surface area contributed by atoms with E-state index >= 15 is 0 Å². The van der Waals surface area contributed by atoms with Gasteiger partial charge in [0.15, 0.2) is 0 Å². The van der Waals surface area contributed by atoms with E-state index in [0.717, 1.165) is 11.1 Å². The van der Waals surface area contributed by atoms with Crippen LogP contribution >= 0.6 is 12.4 Å². The Bertz CT molecular complexity index is 617. The molecule has 0 spiro atoms. The van der Waals surface area contributed by atoms with E-state index in [1.165, 1.54) is 29.3 Å². The molecule has 0 heterocycles. The molecule has 0 fully saturated rings. The van der Waals surface area contributed by atoms with E-state index in [-0.39, 0.29) is 23.8 Å². The van der Waals surface area contributed by atoms with Crippen molar-refractivity contribution in [3.63, 3.8) is 0 Å². The summed E-state index contributed by atoms with van der Waals surface area (Å²) in [5.41, 5.74) is 1.75. The zero-order valence-corrected chi connectivity index (χ0v) is 12.8. The summed E-state index contributed by atoms with van der Waals surface area (Å²) >= 11 is 0. The van der Waals surface area contributed by atoms with E-state index in [4.69, 9.17) is 5.84 Å². The second kappa shape index (κ2) is 8.18. The first-order chi connectivity index (χ1) is 10.5. The van der Waals surface area contributed by atoms with Crippen molar-refractivity contribution in [2.24, 2.45) is 5.84 Å². The number of nitrogens with zero attached hydrogens (tertiary/aromatic N) is 3. The topological polar surface area (TPSA) is 116 Å². The SMILES string of the molecule is Cl.NN(Cc1ccc([N+](=O)[O-])cc1)Cc1ccc([N+](=O)[O-])cc1. The molecular weight excluding hydrogens is 324 g/mol. The fourth-order valence-electron chi connectivity index (χ4n) is 1.97. The summed E-state index contributed by atoms with van der Waals surface area (Å²) in [4.78, 5) is 20.2. The molecule has 0 bridgehead atoms. The minimum atomic E-state index is -0.457. The summed E-state index contributed by atoms with van der Waals surface area (Å²) in [7, 11) is 0. The Balaban J connectivity index is 0.00000264. The Labute approximate surface area is 138 Å². The Morgan fingerprint density at radius 3 is 1.35 bits per heavy atom. The third-order valence-electron chi connectivity index (χ3n) is 3.07. The van der Waals surface area contributed by atoms with Crippen LogP contribution in [0.25, 0.3) is 0 Å². The first kappa shape index (κ1) is 18.5. The van der Waals surface area contributed by atoms with Crippen molar-refractivity contribution in [1.82, 2.24) is 5.01 Å². The van der Waals surface area contributed by atoms with E-state index in [0.29, 0.717) is 13.1 Å². The molecule has 2 aromatic rings. The summed E-state index contributed by atoms with van der Waals surface area (Å²) in [5, 5.41) is 22.7. The zero-order valence-electron chi connectivity index (χ0n) is 12.0. The lowest BCUT2D eigenvalue weighted by Gasteiger charge is -2.16. The molecule has 0 aliphatic heterocycles. The molecule has 0 aliphatic carbocycles. The molecule has 9 heteroatoms. The number of hydrogen-bond acceptors (Lipinski definition) is 6. The number of rotatable bonds is 6. The van der Waals surface area contributed by atoms with Gasteiger partial charge in [-0.2, -0.15) is 0 Å². The Morgan fingerprint density at radius 2 is 1.09 bits per heavy atom. The van der Waals surface area contributed by atoms with Crippen LogP contribution in [0.3, 0.4) is 0 Å². The van der Waals surface area contributed by atoms with Gasteiger partial charge in [0.2, 0.25) is 0 Å². The van der Waals surface area contributed by atoms with E-state index in [9.17, 15) is 20.2 Å². The van der Waals surface area contributed by atoms with Crippen molar-refractivity contribution in [1.29, 1.82) is 0 Å². The molecule has 8 nitrogen and oxygen atoms in total. The molecule has 0 aromatic heterocycles. The van der Waals surface area contributed by atoms with Gasteiger partial charge in [-0.25, -0.2) is 5.01 Å². The van der Waals surface area contributed by atoms with Gasteiger partial charge in [0.05, 0.1) is 9.85 Å². The molecule has 2 rings (SSSR count). The standard InChI is InChI=1S/C14H14N4O4.ClH/c15-16(9-11-1-5-13(6-2-11)17(19)20)10-12-3-7-14(8-4-12)18(21)22;/h1-8H,9-10,15H2;1H. The van der Waals surface area contributed by atoms with Gasteiger partial charge in [-0.15, -0.1) is 12.4 Å². The largest absolute Gasteiger partial charge is 0.269 e. The van der Waals surface area contributed by atoms with Crippen LogP contribution in [-0.2, 0) is 13.1 Å². The van der Waals surface area contributed by atoms with Crippen LogP contribution in [0.1, 0.15) is 11.1 Å². The van der Waals surface area contributed by atoms with Crippen molar-refractivity contribution in [3.8, 4) is 0 Å². The highest BCUT2D eigenvalue weighted by molar-refractivity contribution is 5.85. The quantitative estimate of drug-likeness (QED) is 0.492. The normalized spacial score (nSPS) is 10.2. The summed E-state index contributed by atoms with van der Waals surface area (Å²) in [5.74, 6) is 5.90. The van der Waals surface area contributed by atoms with E-state index < -0.39 is 9.85 Å². The molecule has 0 amide bonds. The zero-order chi connectivity index (χ0) is 16.1. The molecule has 23 heavy (non-hydrogen) atoms. The first-order valence-corrected chi connectivity index (χ1v) is 6.42. The van der Waals surface area contributed by atoms with Crippen molar-refractivity contribution in [2.75, 3.05) is 0 Å². The van der Waals surface area contributed by atoms with Gasteiger partial charge < -0.3 is 0 Å². The van der Waals surface area contributed by atoms with Crippen molar-refractivity contribution in [2.45, 2.75) is 13.1 Å². The third-order valence-corrected chi connectivity index (χ3v) is 3.07. The second-order valence-electron chi connectivity index (χ2n) is 4.75. The van der Waals surface area contributed by atoms with E-state index in [1.807, 2.05) is 0 Å². The lowest BCUT2D eigenvalue weighted by atomic mass is 10.1. The van der Waals surface area contributed by atoms with Crippen LogP contribution in [-0.4, -0.2) is 14.9 Å². The van der Waals surface area contributed by atoms with Gasteiger partial charge >= 0.3 is 0 Å². The van der Waals surface area contributed by atoms with E-state index in [1.54, 1.807) is 24.3 Å². The minimum Gasteiger partial charge on any atom is -0.268 e. The number of nitro benzene ring substituents is 2. The fraction of sp³-hybridized carbons (Fsp3) is 0.143. The highest BCUT2D eigenvalue weighted by atomic mass is 35.5. The van der Waals surface area contributed by atoms with Crippen LogP contribution in [0.5, 0.6) is 0 Å². The van der Waals surface area contributed by atoms with Crippen LogP contribution in [0, 0.1) is 20.2 Å². The highest BCUT2D eigenvalue weighted by Crippen LogP contribution is 2.15. The summed E-state index contributed by atoms with van der Waals surface area (Å²) < 4.78 is 0. The Hall–Kier alpha value is -2.55. The van der Waals surface area contributed by atoms with Crippen molar-refractivity contribution in [3.05, 3.63) is 79.9 Å². The number of nitrogens with two attached hydrogens (primary N) is 1. The molecule has 2 N–H and O–H groups in total. The molecule has 0 radical (unpaired) electrons. The average molecular weight is 339 g/mol. The molecule has 0 saturated heterocycles. The van der Waals surface area contributed by atoms with Crippen LogP contribution < -0.4 is 5.84 Å². The molecular formula is C14H15ClN4O4. The van der Waals surface area contributed by atoms with Gasteiger partial charge in [0.25, 0.3) is 11.4 Å². The second-order valence-corrected chi connectivity index (χ2v) is 4.75. The number of hydrogen-bond donors (Lipinski definition) is 1. The van der Waals surface area contributed by atoms with Crippen LogP contribution in [0.15, 0.2) is 48.5 Å². The van der Waals surface area contributed by atoms with Gasteiger partial charge in [-0.05, 0) is 11.1 Å². The molecule has 0 saturated carbocycles. The number of halogens is 1. The maximum absolute atomic E-state index is 10.6. The summed E-state index contributed by atoms with van der Waals surface area (Å²) in [6.45, 7) is 0.823. The number of benzene rings is 2. The molecule has 0 aliphatic rings. The fourth-order valence-corrected chi connectivity index (χ4v) is 1.97. The molecule has 0 atom stereocenters. The molecule has 2 aromatic carbocycles. The maximum Gasteiger partial charge on any atom is 0.269 e. The van der Waals surface area contributed by atoms with Gasteiger partial charge in [0, 0.05) is 37.4 Å². The predicted octanol–water partition coefficient (Wildman–Crippen LogP) is 2.80. The summed E-state index contributed by atoms with van der Waals surface area (Å²) in [6, 6.07) is 12.3. The third kappa shape index (κ3) is 5.29. The predicted molar refractivity (Wildman–Crippen MR) is 86.9 cm³/mol. The minimum absolute atomic E-state index is 0. The van der Waals surface area contributed by atoms with Gasteiger partial charge in [0.1, 0.15) is 0 Å². The first-order valence-electron chi connectivity index (χ1n) is 6.42. The number of non-ortho nitro benzene ring substituents is 2. The molecule has 122 valence electrons. The van der Waals surface area contributed by atoms with Crippen molar-refractivity contribution >= 4 is 23.8 Å². The van der Waals surface area contributed by atoms with Crippen molar-refractivity contribution < 1.29 is 9.85 Å². The lowest BCUT2D eigenvalue weighted by molar-refractivity contribution is -0.385. The Morgan fingerprint density at radius 1 is 0.783 bits per heavy atom. The average Bonchev–Trinajstić information content (AvgIpc) is 2.48.